The van der Waals surface area contributed by atoms with Crippen LogP contribution in [0.15, 0.2) is 0 Å². The van der Waals surface area contributed by atoms with Crippen LogP contribution in [0.1, 0.15) is 13.8 Å². The zero-order chi connectivity index (χ0) is 8.20. The Labute approximate surface area is 58.6 Å². The van der Waals surface area contributed by atoms with E-state index in [-0.39, 0.29) is 6.54 Å². The van der Waals surface area contributed by atoms with Crippen LogP contribution in [-0.2, 0) is 0 Å². The Hall–Kier alpha value is -0.250. The molecule has 1 rings (SSSR count). The third-order valence-corrected chi connectivity index (χ3v) is 1.25. The van der Waals surface area contributed by atoms with Crippen LogP contribution in [-0.4, -0.2) is 25.2 Å². The molecule has 0 aromatic heterocycles. The molecule has 0 aromatic carbocycles. The van der Waals surface area contributed by atoms with Gasteiger partial charge in [-0.05, 0) is 0 Å². The first kappa shape index (κ1) is 9.75. The lowest BCUT2D eigenvalue weighted by molar-refractivity contribution is -0.101. The summed E-state index contributed by atoms with van der Waals surface area (Å²) in [6.07, 6.45) is 0. The summed E-state index contributed by atoms with van der Waals surface area (Å²) in [7, 11) is 0. The minimum atomic E-state index is -2.80. The van der Waals surface area contributed by atoms with Crippen molar-refractivity contribution < 1.29 is 13.2 Å². The molecule has 1 heterocycles. The van der Waals surface area contributed by atoms with Crippen LogP contribution < -0.4 is 5.32 Å². The van der Waals surface area contributed by atoms with Crippen molar-refractivity contribution in [2.45, 2.75) is 25.8 Å². The summed E-state index contributed by atoms with van der Waals surface area (Å²) in [5, 5.41) is 2.26. The Morgan fingerprint density at radius 2 is 2.00 bits per heavy atom. The highest BCUT2D eigenvalue weighted by Crippen LogP contribution is 2.25. The highest BCUT2D eigenvalue weighted by atomic mass is 19.3. The van der Waals surface area contributed by atoms with Gasteiger partial charge in [0.2, 0.25) is 0 Å². The molecular weight excluding hydrogens is 143 g/mol. The molecule has 0 radical (unpaired) electrons. The van der Waals surface area contributed by atoms with Crippen molar-refractivity contribution in [3.8, 4) is 0 Å². The topological polar surface area (TPSA) is 12.0 Å². The van der Waals surface area contributed by atoms with Gasteiger partial charge in [0.15, 0.2) is 0 Å². The number of hydrogen-bond donors (Lipinski definition) is 1. The average molecular weight is 155 g/mol. The van der Waals surface area contributed by atoms with E-state index in [1.807, 2.05) is 13.8 Å². The Balaban J connectivity index is 0.000000371. The summed E-state index contributed by atoms with van der Waals surface area (Å²) in [4.78, 5) is 0. The summed E-state index contributed by atoms with van der Waals surface area (Å²) in [6, 6.07) is -1.22. The lowest BCUT2D eigenvalue weighted by atomic mass is 10.0. The largest absolute Gasteiger partial charge is 0.301 e. The molecule has 0 aliphatic carbocycles. The van der Waals surface area contributed by atoms with E-state index in [2.05, 4.69) is 5.32 Å². The minimum Gasteiger partial charge on any atom is -0.301 e. The summed E-state index contributed by atoms with van der Waals surface area (Å²) >= 11 is 0. The number of halogens is 3. The van der Waals surface area contributed by atoms with Gasteiger partial charge in [0.1, 0.15) is 12.7 Å². The van der Waals surface area contributed by atoms with E-state index in [0.29, 0.717) is 0 Å². The van der Waals surface area contributed by atoms with Gasteiger partial charge in [-0.3, -0.25) is 0 Å². The van der Waals surface area contributed by atoms with E-state index < -0.39 is 18.6 Å². The maximum Gasteiger partial charge on any atom is 0.277 e. The predicted molar refractivity (Wildman–Crippen MR) is 34.1 cm³/mol. The van der Waals surface area contributed by atoms with Gasteiger partial charge in [0, 0.05) is 0 Å². The van der Waals surface area contributed by atoms with Gasteiger partial charge < -0.3 is 5.32 Å². The van der Waals surface area contributed by atoms with E-state index in [9.17, 15) is 13.2 Å². The molecule has 62 valence electrons. The normalized spacial score (nSPS) is 27.9. The molecule has 0 spiro atoms. The maximum absolute atomic E-state index is 11.9. The molecule has 0 saturated carbocycles. The molecule has 0 unspecified atom stereocenters. The molecular formula is C6H12F3N. The molecule has 0 bridgehead atoms. The van der Waals surface area contributed by atoms with Crippen LogP contribution in [0, 0.1) is 0 Å². The zero-order valence-corrected chi connectivity index (χ0v) is 6.13. The van der Waals surface area contributed by atoms with Gasteiger partial charge in [-0.1, -0.05) is 13.8 Å². The lowest BCUT2D eigenvalue weighted by Gasteiger charge is -2.35. The van der Waals surface area contributed by atoms with E-state index in [1.165, 1.54) is 0 Å². The van der Waals surface area contributed by atoms with Gasteiger partial charge >= 0.3 is 0 Å². The van der Waals surface area contributed by atoms with Crippen LogP contribution in [0.3, 0.4) is 0 Å². The first-order valence-electron chi connectivity index (χ1n) is 3.34. The quantitative estimate of drug-likeness (QED) is 0.606. The third kappa shape index (κ3) is 1.87. The monoisotopic (exact) mass is 155 g/mol. The Morgan fingerprint density at radius 1 is 1.50 bits per heavy atom. The molecule has 0 aromatic rings. The fraction of sp³-hybridized carbons (Fsp3) is 1.00. The standard InChI is InChI=1S/C4H6F3N.C2H6/c5-1-3-4(6,7)2-8-3;1-2/h3,8H,1-2H2;1-2H3/t3-;/m0./s1. The van der Waals surface area contributed by atoms with E-state index in [4.69, 9.17) is 0 Å². The van der Waals surface area contributed by atoms with Crippen molar-refractivity contribution in [1.29, 1.82) is 0 Å². The van der Waals surface area contributed by atoms with Crippen LogP contribution >= 0.6 is 0 Å². The van der Waals surface area contributed by atoms with Crippen molar-refractivity contribution in [3.63, 3.8) is 0 Å². The first-order valence-corrected chi connectivity index (χ1v) is 3.34. The minimum absolute atomic E-state index is 0.373. The summed E-state index contributed by atoms with van der Waals surface area (Å²) in [5.41, 5.74) is 0. The molecule has 1 aliphatic heterocycles. The molecule has 10 heavy (non-hydrogen) atoms. The summed E-state index contributed by atoms with van der Waals surface area (Å²) < 4.78 is 35.2. The van der Waals surface area contributed by atoms with Gasteiger partial charge in [-0.25, -0.2) is 13.2 Å². The second kappa shape index (κ2) is 3.81. The van der Waals surface area contributed by atoms with E-state index in [0.717, 1.165) is 0 Å². The Kier molecular flexibility index (Phi) is 3.71. The molecule has 0 amide bonds. The molecule has 1 nitrogen and oxygen atoms in total. The van der Waals surface area contributed by atoms with Gasteiger partial charge in [0.25, 0.3) is 5.92 Å². The molecule has 1 N–H and O–H groups in total. The average Bonchev–Trinajstić information content (AvgIpc) is 1.92. The predicted octanol–water partition coefficient (Wildman–Crippen LogP) is 1.59. The van der Waals surface area contributed by atoms with Crippen molar-refractivity contribution in [3.05, 3.63) is 0 Å². The van der Waals surface area contributed by atoms with Crippen LogP contribution in [0.4, 0.5) is 13.2 Å². The summed E-state index contributed by atoms with van der Waals surface area (Å²) in [5.74, 6) is -2.80. The van der Waals surface area contributed by atoms with Crippen LogP contribution in [0.5, 0.6) is 0 Å². The molecule has 1 atom stereocenters. The maximum atomic E-state index is 11.9. The first-order chi connectivity index (χ1) is 4.67. The second-order valence-electron chi connectivity index (χ2n) is 1.85. The van der Waals surface area contributed by atoms with Crippen LogP contribution in [0.25, 0.3) is 0 Å². The zero-order valence-electron chi connectivity index (χ0n) is 6.13. The van der Waals surface area contributed by atoms with Crippen molar-refractivity contribution in [1.82, 2.24) is 5.32 Å². The highest BCUT2D eigenvalue weighted by Gasteiger charge is 2.47. The number of alkyl halides is 3. The fourth-order valence-corrected chi connectivity index (χ4v) is 0.568. The summed E-state index contributed by atoms with van der Waals surface area (Å²) in [6.45, 7) is 2.65. The van der Waals surface area contributed by atoms with Crippen molar-refractivity contribution in [2.24, 2.45) is 0 Å². The molecule has 1 aliphatic rings. The van der Waals surface area contributed by atoms with Gasteiger partial charge in [0.05, 0.1) is 6.54 Å². The van der Waals surface area contributed by atoms with Gasteiger partial charge in [-0.15, -0.1) is 0 Å². The Bertz CT molecular complexity index is 93.0. The number of rotatable bonds is 1. The number of nitrogens with one attached hydrogen (secondary N) is 1. The second-order valence-corrected chi connectivity index (χ2v) is 1.85. The smallest absolute Gasteiger partial charge is 0.277 e. The highest BCUT2D eigenvalue weighted by molar-refractivity contribution is 4.94. The van der Waals surface area contributed by atoms with E-state index in [1.54, 1.807) is 0 Å². The van der Waals surface area contributed by atoms with Crippen molar-refractivity contribution >= 4 is 0 Å². The number of hydrogen-bond acceptors (Lipinski definition) is 1. The Morgan fingerprint density at radius 3 is 2.00 bits per heavy atom. The molecule has 1 fully saturated rings. The van der Waals surface area contributed by atoms with Crippen molar-refractivity contribution in [2.75, 3.05) is 13.2 Å². The van der Waals surface area contributed by atoms with Crippen LogP contribution in [0.2, 0.25) is 0 Å². The van der Waals surface area contributed by atoms with E-state index >= 15 is 0 Å². The molecule has 4 heteroatoms. The third-order valence-electron chi connectivity index (χ3n) is 1.25. The fourth-order valence-electron chi connectivity index (χ4n) is 0.568. The molecule has 1 saturated heterocycles. The van der Waals surface area contributed by atoms with Gasteiger partial charge in [-0.2, -0.15) is 0 Å². The SMILES string of the molecule is CC.FC[C@@H]1NCC1(F)F. The lowest BCUT2D eigenvalue weighted by Crippen LogP contribution is -2.63.